The number of rotatable bonds is 7. The molecule has 6 aromatic heterocycles. The largest absolute Gasteiger partial charge is 0.459 e. The van der Waals surface area contributed by atoms with Gasteiger partial charge in [0.15, 0.2) is 17.9 Å². The third-order valence-corrected chi connectivity index (χ3v) is 12.7. The molecule has 2 N–H and O–H groups in total. The summed E-state index contributed by atoms with van der Waals surface area (Å²) >= 11 is 0. The Morgan fingerprint density at radius 3 is 1.32 bits per heavy atom. The van der Waals surface area contributed by atoms with Crippen molar-refractivity contribution >= 4 is 52.3 Å². The minimum Gasteiger partial charge on any atom is -0.459 e. The molecule has 14 nitrogen and oxygen atoms in total. The van der Waals surface area contributed by atoms with Gasteiger partial charge < -0.3 is 38.4 Å². The van der Waals surface area contributed by atoms with E-state index in [9.17, 15) is 4.79 Å². The molecular formula is C54H45N7O7. The second-order valence-corrected chi connectivity index (χ2v) is 18.1. The summed E-state index contributed by atoms with van der Waals surface area (Å²) in [6.07, 6.45) is 16.1. The third-order valence-electron chi connectivity index (χ3n) is 12.7. The van der Waals surface area contributed by atoms with Gasteiger partial charge in [0.1, 0.15) is 31.0 Å². The van der Waals surface area contributed by atoms with Gasteiger partial charge in [-0.3, -0.25) is 15.0 Å². The molecule has 0 spiro atoms. The van der Waals surface area contributed by atoms with Crippen molar-refractivity contribution in [2.75, 3.05) is 6.61 Å². The van der Waals surface area contributed by atoms with Gasteiger partial charge in [0.25, 0.3) is 0 Å². The molecule has 68 heavy (non-hydrogen) atoms. The van der Waals surface area contributed by atoms with Gasteiger partial charge in [0, 0.05) is 81.5 Å². The Kier molecular flexibility index (Phi) is 10.1. The number of aromatic amines is 2. The summed E-state index contributed by atoms with van der Waals surface area (Å²) in [4.78, 5) is 45.0. The highest BCUT2D eigenvalue weighted by Gasteiger charge is 2.61. The zero-order valence-corrected chi connectivity index (χ0v) is 37.5. The van der Waals surface area contributed by atoms with Gasteiger partial charge >= 0.3 is 5.97 Å². The Hall–Kier alpha value is -7.46. The molecule has 14 heteroatoms. The van der Waals surface area contributed by atoms with Crippen molar-refractivity contribution in [3.05, 3.63) is 150 Å². The van der Waals surface area contributed by atoms with Crippen molar-refractivity contribution in [1.82, 2.24) is 34.9 Å². The lowest BCUT2D eigenvalue weighted by Crippen LogP contribution is -2.56. The normalized spacial score (nSPS) is 21.9. The summed E-state index contributed by atoms with van der Waals surface area (Å²) in [6.45, 7) is 7.28. The highest BCUT2D eigenvalue weighted by Crippen LogP contribution is 2.45. The fourth-order valence-corrected chi connectivity index (χ4v) is 9.82. The van der Waals surface area contributed by atoms with Crippen LogP contribution in [0.2, 0.25) is 0 Å². The second kappa shape index (κ2) is 16.4. The number of nitrogens with one attached hydrogen (secondary N) is 2. The first-order valence-electron chi connectivity index (χ1n) is 22.6. The molecule has 8 bridgehead atoms. The maximum atomic E-state index is 13.8. The van der Waals surface area contributed by atoms with Crippen molar-refractivity contribution in [2.45, 2.75) is 70.0 Å². The second-order valence-electron chi connectivity index (χ2n) is 18.1. The fourth-order valence-electron chi connectivity index (χ4n) is 9.82. The van der Waals surface area contributed by atoms with E-state index in [1.807, 2.05) is 88.4 Å². The molecule has 1 aromatic carbocycles. The Labute approximate surface area is 390 Å². The third kappa shape index (κ3) is 7.61. The van der Waals surface area contributed by atoms with Gasteiger partial charge in [0.05, 0.1) is 28.3 Å². The molecule has 3 fully saturated rings. The first kappa shape index (κ1) is 41.9. The maximum absolute atomic E-state index is 13.8. The molecule has 0 unspecified atom stereocenters. The van der Waals surface area contributed by atoms with Crippen LogP contribution in [0.1, 0.15) is 60.8 Å². The van der Waals surface area contributed by atoms with Crippen molar-refractivity contribution in [3.8, 4) is 44.5 Å². The Morgan fingerprint density at radius 1 is 0.500 bits per heavy atom. The van der Waals surface area contributed by atoms with Crippen LogP contribution < -0.4 is 0 Å². The van der Waals surface area contributed by atoms with Crippen molar-refractivity contribution < 1.29 is 33.2 Å². The number of carbonyl (C=O) groups is 1. The molecule has 7 aromatic rings. The smallest absolute Gasteiger partial charge is 0.338 e. The highest BCUT2D eigenvalue weighted by molar-refractivity contribution is 6.00. The van der Waals surface area contributed by atoms with Crippen LogP contribution in [-0.4, -0.2) is 89.7 Å². The van der Waals surface area contributed by atoms with E-state index >= 15 is 0 Å². The number of hydrogen-bond acceptors (Lipinski definition) is 12. The summed E-state index contributed by atoms with van der Waals surface area (Å²) in [5.41, 5.74) is 14.1. The highest BCUT2D eigenvalue weighted by atomic mass is 16.9. The molecule has 0 amide bonds. The van der Waals surface area contributed by atoms with Gasteiger partial charge in [-0.25, -0.2) is 14.8 Å². The lowest BCUT2D eigenvalue weighted by atomic mass is 9.99. The number of aromatic nitrogens is 7. The van der Waals surface area contributed by atoms with Crippen LogP contribution in [0.5, 0.6) is 0 Å². The zero-order valence-electron chi connectivity index (χ0n) is 37.5. The summed E-state index contributed by atoms with van der Waals surface area (Å²) in [5, 5.41) is 0. The summed E-state index contributed by atoms with van der Waals surface area (Å²) < 4.78 is 36.9. The van der Waals surface area contributed by atoms with Crippen LogP contribution in [0.4, 0.5) is 0 Å². The van der Waals surface area contributed by atoms with Crippen molar-refractivity contribution in [1.29, 1.82) is 0 Å². The molecule has 5 atom stereocenters. The molecule has 0 saturated carbocycles. The predicted molar refractivity (Wildman–Crippen MR) is 257 cm³/mol. The average molecular weight is 904 g/mol. The Bertz CT molecular complexity index is 3290. The lowest BCUT2D eigenvalue weighted by Gasteiger charge is -2.36. The van der Waals surface area contributed by atoms with Crippen LogP contribution in [-0.2, 0) is 28.4 Å². The number of hydrogen-bond donors (Lipinski definition) is 2. The molecule has 338 valence electrons. The summed E-state index contributed by atoms with van der Waals surface area (Å²) in [5.74, 6) is -2.25. The topological polar surface area (TPSA) is 168 Å². The minimum atomic E-state index is -0.878. The fraction of sp³-hybridized carbons (Fsp3) is 0.222. The number of esters is 1. The predicted octanol–water partition coefficient (Wildman–Crippen LogP) is 10.1. The zero-order chi connectivity index (χ0) is 46.1. The SMILES string of the molecule is CC1(C)O[C@H]2[C@@H](O1)[C@@H](COC(=O)c1ccc(-c3c4nc(c(-c5ccncc5)c5ccc([nH]5)c(-c5ccncc5)c5nc(c(-c6ccncc6)c6ccc3[nH]6)C=C5)C=C4)cc1)O[C@@H]1OC(C)(C)O[C@@H]12. The Balaban J connectivity index is 0.984. The number of carbonyl (C=O) groups excluding carboxylic acids is 1. The average Bonchev–Trinajstić information content (AvgIpc) is 4.22. The van der Waals surface area contributed by atoms with Gasteiger partial charge in [-0.05, 0) is 147 Å². The lowest BCUT2D eigenvalue weighted by molar-refractivity contribution is -0.240. The summed E-state index contributed by atoms with van der Waals surface area (Å²) in [7, 11) is 0. The van der Waals surface area contributed by atoms with Crippen molar-refractivity contribution in [2.24, 2.45) is 0 Å². The quantitative estimate of drug-likeness (QED) is 0.146. The van der Waals surface area contributed by atoms with E-state index in [1.165, 1.54) is 0 Å². The number of H-pyrrole nitrogens is 2. The van der Waals surface area contributed by atoms with E-state index in [0.717, 1.165) is 89.4 Å². The van der Waals surface area contributed by atoms with Gasteiger partial charge in [-0.2, -0.15) is 0 Å². The first-order chi connectivity index (χ1) is 33.0. The first-order valence-corrected chi connectivity index (χ1v) is 22.6. The number of benzene rings is 1. The molecule has 12 rings (SSSR count). The van der Waals surface area contributed by atoms with E-state index in [0.29, 0.717) is 5.56 Å². The van der Waals surface area contributed by atoms with Crippen molar-refractivity contribution in [3.63, 3.8) is 0 Å². The van der Waals surface area contributed by atoms with Crippen LogP contribution in [0.3, 0.4) is 0 Å². The number of fused-ring (bicyclic) bond motifs is 11. The molecular weight excluding hydrogens is 859 g/mol. The molecule has 0 aliphatic carbocycles. The van der Waals surface area contributed by atoms with Crippen LogP contribution in [0, 0.1) is 0 Å². The van der Waals surface area contributed by atoms with Crippen LogP contribution in [0.25, 0.3) is 90.9 Å². The van der Waals surface area contributed by atoms with Gasteiger partial charge in [0.2, 0.25) is 0 Å². The van der Waals surface area contributed by atoms with E-state index < -0.39 is 48.2 Å². The van der Waals surface area contributed by atoms with E-state index in [-0.39, 0.29) is 6.61 Å². The maximum Gasteiger partial charge on any atom is 0.338 e. The van der Waals surface area contributed by atoms with Crippen LogP contribution >= 0.6 is 0 Å². The van der Waals surface area contributed by atoms with E-state index in [1.54, 1.807) is 49.3 Å². The Morgan fingerprint density at radius 2 is 0.882 bits per heavy atom. The molecule has 0 radical (unpaired) electrons. The monoisotopic (exact) mass is 903 g/mol. The van der Waals surface area contributed by atoms with E-state index in [4.69, 9.17) is 38.4 Å². The molecule has 11 heterocycles. The van der Waals surface area contributed by atoms with Gasteiger partial charge in [-0.1, -0.05) is 12.1 Å². The number of ether oxygens (including phenoxy) is 6. The van der Waals surface area contributed by atoms with E-state index in [2.05, 4.69) is 61.3 Å². The number of pyridine rings is 3. The van der Waals surface area contributed by atoms with Crippen LogP contribution in [0.15, 0.2) is 122 Å². The number of nitrogens with zero attached hydrogens (tertiary/aromatic N) is 5. The molecule has 5 aliphatic rings. The minimum absolute atomic E-state index is 0.0746. The standard InChI is InChI=1S/C54H45N7O7/c1-53(2)65-48-43(64-52-50(49(48)66-53)67-54(3,4)68-52)29-63-51(62)34-7-5-30(6-8-34)44-35-9-11-37(58-35)45(31-17-23-55-24-18-31)39-13-15-41(60-39)47(33-21-27-57-28-22-33)42-16-14-40(61-42)46(32-19-25-56-26-20-32)38-12-10-36(44)59-38/h5-28,43,48-50,52,58,61H,29H2,1-4H3/t43-,48+,49+,50-,52-/m1/s1. The molecule has 5 aliphatic heterocycles. The molecule has 3 saturated heterocycles. The van der Waals surface area contributed by atoms with Gasteiger partial charge in [-0.15, -0.1) is 0 Å². The summed E-state index contributed by atoms with van der Waals surface area (Å²) in [6, 6.07) is 27.6.